The van der Waals surface area contributed by atoms with E-state index in [1.165, 1.54) is 0 Å². The van der Waals surface area contributed by atoms with Gasteiger partial charge in [-0.1, -0.05) is 39.3 Å². The maximum atomic E-state index is 12.4. The number of hydrogen-bond donors (Lipinski definition) is 10. The summed E-state index contributed by atoms with van der Waals surface area (Å²) in [6.07, 6.45) is -14.3. The van der Waals surface area contributed by atoms with E-state index >= 15 is 0 Å². The lowest BCUT2D eigenvalue weighted by atomic mass is 9.35. The van der Waals surface area contributed by atoms with Crippen LogP contribution in [-0.2, 0) is 37.9 Å². The van der Waals surface area contributed by atoms with E-state index in [1.807, 2.05) is 6.92 Å². The molecule has 65 heavy (non-hydrogen) atoms. The summed E-state index contributed by atoms with van der Waals surface area (Å²) >= 11 is 0. The Kier molecular flexibility index (Phi) is 12.9. The largest absolute Gasteiger partial charge is 0.394 e. The summed E-state index contributed by atoms with van der Waals surface area (Å²) in [5.41, 5.74) is -0.701. The second-order valence-corrected chi connectivity index (χ2v) is 22.9. The van der Waals surface area contributed by atoms with Gasteiger partial charge in [0, 0.05) is 23.7 Å². The Hall–Kier alpha value is -0.980. The fourth-order valence-electron chi connectivity index (χ4n) is 15.8. The number of aliphatic hydroxyl groups is 10. The fourth-order valence-corrected chi connectivity index (χ4v) is 15.8. The van der Waals surface area contributed by atoms with E-state index in [9.17, 15) is 51.1 Å². The van der Waals surface area contributed by atoms with Crippen molar-refractivity contribution in [3.05, 3.63) is 11.6 Å². The van der Waals surface area contributed by atoms with Crippen LogP contribution in [0.25, 0.3) is 0 Å². The normalized spacial score (nSPS) is 56.9. The summed E-state index contributed by atoms with van der Waals surface area (Å²) < 4.78 is 50.7. The van der Waals surface area contributed by atoms with Crippen molar-refractivity contribution in [2.24, 2.45) is 51.2 Å². The number of hydrogen-bond acceptors (Lipinski definition) is 18. The second kappa shape index (κ2) is 17.1. The molecule has 9 aliphatic rings. The summed E-state index contributed by atoms with van der Waals surface area (Å²) in [6.45, 7) is 14.4. The predicted octanol–water partition coefficient (Wildman–Crippen LogP) is -0.176. The molecule has 5 heterocycles. The molecule has 9 fully saturated rings. The van der Waals surface area contributed by atoms with Gasteiger partial charge in [-0.15, -0.1) is 0 Å². The summed E-state index contributed by atoms with van der Waals surface area (Å²) in [5, 5.41) is 108. The van der Waals surface area contributed by atoms with Crippen molar-refractivity contribution in [2.75, 3.05) is 33.0 Å². The molecule has 0 aromatic carbocycles. The van der Waals surface area contributed by atoms with Gasteiger partial charge in [0.15, 0.2) is 24.7 Å². The van der Waals surface area contributed by atoms with Crippen LogP contribution in [0, 0.1) is 51.2 Å². The van der Waals surface area contributed by atoms with Gasteiger partial charge in [0.1, 0.15) is 67.1 Å². The standard InChI is InChI=1S/C47H76O18/c1-21(2)14-22-18-58-47-19-46(20-59-47)23(38(47)45(22,7)57)8-9-28-43(5)12-11-29(42(3,4)27(43)10-13-44(28,46)6)63-41-37(65-39-34(55)31(52)25(16-49)61-39)36(32(53)26(17-50)62-41)64-40-35(56)33(54)30(51)24(15-48)60-40/h14,22-41,48-57H,8-13,15-20H2,1-7H3/t22-,23?,24?,25-,26?,27?,28?,29-,30+,31?,32+,33?,34-,35-,36?,37-,38?,39-,40-,41-,43-,44+,45?,46-,47+/m0/s1. The Labute approximate surface area is 381 Å². The summed E-state index contributed by atoms with van der Waals surface area (Å²) in [6, 6.07) is 0. The van der Waals surface area contributed by atoms with Gasteiger partial charge >= 0.3 is 0 Å². The molecule has 2 spiro atoms. The molecule has 10 N–H and O–H groups in total. The molecule has 0 radical (unpaired) electrons. The fraction of sp³-hybridized carbons (Fsp3) is 0.957. The van der Waals surface area contributed by atoms with Gasteiger partial charge in [0.05, 0.1) is 44.7 Å². The van der Waals surface area contributed by atoms with Crippen molar-refractivity contribution in [3.8, 4) is 0 Å². The number of ether oxygens (including phenoxy) is 8. The molecule has 9 rings (SSSR count). The van der Waals surface area contributed by atoms with Gasteiger partial charge in [-0.3, -0.25) is 0 Å². The van der Waals surface area contributed by atoms with Crippen LogP contribution in [0.5, 0.6) is 0 Å². The highest BCUT2D eigenvalue weighted by Crippen LogP contribution is 2.80. The van der Waals surface area contributed by atoms with Crippen molar-refractivity contribution in [3.63, 3.8) is 0 Å². The van der Waals surface area contributed by atoms with E-state index in [4.69, 9.17) is 37.9 Å². The van der Waals surface area contributed by atoms with E-state index < -0.39 is 129 Å². The van der Waals surface area contributed by atoms with E-state index in [1.54, 1.807) is 0 Å². The van der Waals surface area contributed by atoms with Gasteiger partial charge < -0.3 is 89.0 Å². The molecule has 10 unspecified atom stereocenters. The molecule has 0 amide bonds. The summed E-state index contributed by atoms with van der Waals surface area (Å²) in [4.78, 5) is 0. The zero-order valence-electron chi connectivity index (χ0n) is 38.8. The van der Waals surface area contributed by atoms with Crippen LogP contribution in [0.15, 0.2) is 11.6 Å². The molecule has 372 valence electrons. The Morgan fingerprint density at radius 2 is 1.22 bits per heavy atom. The molecule has 5 aliphatic heterocycles. The van der Waals surface area contributed by atoms with Crippen LogP contribution in [0.1, 0.15) is 93.4 Å². The zero-order valence-corrected chi connectivity index (χ0v) is 38.8. The molecular weight excluding hydrogens is 852 g/mol. The predicted molar refractivity (Wildman–Crippen MR) is 225 cm³/mol. The van der Waals surface area contributed by atoms with E-state index in [0.29, 0.717) is 25.6 Å². The van der Waals surface area contributed by atoms with Crippen LogP contribution in [0.2, 0.25) is 0 Å². The third kappa shape index (κ3) is 7.24. The number of rotatable bonds is 10. The van der Waals surface area contributed by atoms with Crippen molar-refractivity contribution in [2.45, 2.75) is 197 Å². The quantitative estimate of drug-likeness (QED) is 0.101. The van der Waals surface area contributed by atoms with Gasteiger partial charge in [-0.05, 0) is 93.3 Å². The average Bonchev–Trinajstić information content (AvgIpc) is 3.88. The first-order valence-corrected chi connectivity index (χ1v) is 24.0. The molecule has 4 saturated carbocycles. The van der Waals surface area contributed by atoms with Crippen LogP contribution >= 0.6 is 0 Å². The molecule has 5 saturated heterocycles. The van der Waals surface area contributed by atoms with Crippen LogP contribution in [-0.4, -0.2) is 188 Å². The minimum atomic E-state index is -1.86. The average molecular weight is 929 g/mol. The molecular formula is C47H76O18. The lowest BCUT2D eigenvalue weighted by molar-refractivity contribution is -0.387. The second-order valence-electron chi connectivity index (χ2n) is 22.9. The Morgan fingerprint density at radius 1 is 0.631 bits per heavy atom. The number of fused-ring (bicyclic) bond motifs is 4. The van der Waals surface area contributed by atoms with Crippen LogP contribution < -0.4 is 0 Å². The Bertz CT molecular complexity index is 1760. The highest BCUT2D eigenvalue weighted by molar-refractivity contribution is 5.27. The smallest absolute Gasteiger partial charge is 0.187 e. The van der Waals surface area contributed by atoms with E-state index in [-0.39, 0.29) is 39.9 Å². The molecule has 0 aromatic rings. The van der Waals surface area contributed by atoms with E-state index in [2.05, 4.69) is 47.6 Å². The maximum Gasteiger partial charge on any atom is 0.187 e. The minimum absolute atomic E-state index is 0.0960. The lowest BCUT2D eigenvalue weighted by Gasteiger charge is -2.70. The first kappa shape index (κ1) is 49.0. The first-order chi connectivity index (χ1) is 30.5. The van der Waals surface area contributed by atoms with Gasteiger partial charge in [-0.25, -0.2) is 0 Å². The Balaban J connectivity index is 0.991. The van der Waals surface area contributed by atoms with Crippen molar-refractivity contribution in [1.82, 2.24) is 0 Å². The van der Waals surface area contributed by atoms with Crippen molar-refractivity contribution in [1.29, 1.82) is 0 Å². The zero-order chi connectivity index (χ0) is 47.0. The molecule has 18 heteroatoms. The lowest BCUT2D eigenvalue weighted by Crippen LogP contribution is -2.68. The number of aliphatic hydroxyl groups excluding tert-OH is 9. The molecule has 0 aromatic heterocycles. The highest BCUT2D eigenvalue weighted by Gasteiger charge is 2.81. The van der Waals surface area contributed by atoms with Crippen molar-refractivity contribution < 1.29 is 89.0 Å². The van der Waals surface area contributed by atoms with Crippen LogP contribution in [0.3, 0.4) is 0 Å². The van der Waals surface area contributed by atoms with Gasteiger partial charge in [0.25, 0.3) is 0 Å². The summed E-state index contributed by atoms with van der Waals surface area (Å²) in [7, 11) is 0. The SMILES string of the molecule is CC(C)=C[C@H]1CO[C@]23C[C@]4(CO2)C(CCC2[C@@]5(C)CC[C@H](O[C@@H]6OC(CO)[C@@H](O)C(O[C@@H]7OC(CO)[C@@H](O)C(O)[C@@H]7O)[C@@H]6O[C@@H]6O[C@@H](CO)C(O)[C@@H]6O)C(C)(C)C5CC[C@]24C)C3C1(C)O. The first-order valence-electron chi connectivity index (χ1n) is 24.0. The monoisotopic (exact) mass is 929 g/mol. The summed E-state index contributed by atoms with van der Waals surface area (Å²) in [5.74, 6) is -0.317. The van der Waals surface area contributed by atoms with Crippen molar-refractivity contribution >= 4 is 0 Å². The van der Waals surface area contributed by atoms with E-state index in [0.717, 1.165) is 44.1 Å². The minimum Gasteiger partial charge on any atom is -0.394 e. The third-order valence-electron chi connectivity index (χ3n) is 19.1. The number of allylic oxidation sites excluding steroid dienone is 1. The van der Waals surface area contributed by atoms with Crippen LogP contribution in [0.4, 0.5) is 0 Å². The Morgan fingerprint density at radius 3 is 1.85 bits per heavy atom. The molecule has 2 bridgehead atoms. The third-order valence-corrected chi connectivity index (χ3v) is 19.1. The molecule has 4 aliphatic carbocycles. The van der Waals surface area contributed by atoms with Gasteiger partial charge in [-0.2, -0.15) is 0 Å². The molecule has 18 nitrogen and oxygen atoms in total. The molecule has 25 atom stereocenters. The van der Waals surface area contributed by atoms with Gasteiger partial charge in [0.2, 0.25) is 0 Å². The topological polar surface area (TPSA) is 276 Å². The maximum absolute atomic E-state index is 12.4. The highest BCUT2D eigenvalue weighted by atomic mass is 16.8.